The lowest BCUT2D eigenvalue weighted by atomic mass is 9.87. The van der Waals surface area contributed by atoms with Gasteiger partial charge in [-0.25, -0.2) is 4.98 Å². The topological polar surface area (TPSA) is 17.8 Å². The van der Waals surface area contributed by atoms with E-state index in [1.54, 1.807) is 0 Å². The van der Waals surface area contributed by atoms with Crippen LogP contribution in [-0.2, 0) is 5.33 Å². The third kappa shape index (κ3) is 2.19. The van der Waals surface area contributed by atoms with Gasteiger partial charge in [0.2, 0.25) is 0 Å². The highest BCUT2D eigenvalue weighted by Crippen LogP contribution is 2.32. The molecule has 1 aliphatic carbocycles. The van der Waals surface area contributed by atoms with Gasteiger partial charge < -0.3 is 4.57 Å². The summed E-state index contributed by atoms with van der Waals surface area (Å²) >= 11 is 3.43. The average Bonchev–Trinajstić information content (AvgIpc) is 2.66. The van der Waals surface area contributed by atoms with Gasteiger partial charge in [0.05, 0.1) is 12.0 Å². The molecule has 0 spiro atoms. The van der Waals surface area contributed by atoms with Crippen LogP contribution in [0.2, 0.25) is 0 Å². The summed E-state index contributed by atoms with van der Waals surface area (Å²) in [5, 5.41) is 0.863. The van der Waals surface area contributed by atoms with E-state index in [1.165, 1.54) is 25.7 Å². The SMILES string of the molecule is CC1CCCC(n2cnc(CBr)c2)C1. The monoisotopic (exact) mass is 256 g/mol. The maximum absolute atomic E-state index is 4.35. The Morgan fingerprint density at radius 1 is 1.57 bits per heavy atom. The van der Waals surface area contributed by atoms with E-state index in [1.807, 2.05) is 6.33 Å². The standard InChI is InChI=1S/C11H17BrN2/c1-9-3-2-4-11(5-9)14-7-10(6-12)13-8-14/h7-9,11H,2-6H2,1H3. The van der Waals surface area contributed by atoms with E-state index in [0.29, 0.717) is 6.04 Å². The van der Waals surface area contributed by atoms with Crippen LogP contribution >= 0.6 is 15.9 Å². The Morgan fingerprint density at radius 3 is 3.07 bits per heavy atom. The van der Waals surface area contributed by atoms with Crippen molar-refractivity contribution in [1.29, 1.82) is 0 Å². The number of hydrogen-bond donors (Lipinski definition) is 0. The second-order valence-electron chi connectivity index (χ2n) is 4.37. The Bertz CT molecular complexity index is 295. The second-order valence-corrected chi connectivity index (χ2v) is 4.93. The lowest BCUT2D eigenvalue weighted by Gasteiger charge is -2.27. The summed E-state index contributed by atoms with van der Waals surface area (Å²) in [6, 6.07) is 0.694. The van der Waals surface area contributed by atoms with Crippen molar-refractivity contribution in [3.05, 3.63) is 18.2 Å². The number of hydrogen-bond acceptors (Lipinski definition) is 1. The molecule has 0 radical (unpaired) electrons. The largest absolute Gasteiger partial charge is 0.334 e. The quantitative estimate of drug-likeness (QED) is 0.741. The molecule has 0 bridgehead atoms. The number of alkyl halides is 1. The maximum Gasteiger partial charge on any atom is 0.0952 e. The minimum absolute atomic E-state index is 0.694. The number of aromatic nitrogens is 2. The Labute approximate surface area is 93.9 Å². The van der Waals surface area contributed by atoms with Crippen LogP contribution in [0.15, 0.2) is 12.5 Å². The molecule has 2 unspecified atom stereocenters. The Kier molecular flexibility index (Phi) is 3.26. The van der Waals surface area contributed by atoms with Gasteiger partial charge in [-0.15, -0.1) is 0 Å². The summed E-state index contributed by atoms with van der Waals surface area (Å²) in [6.45, 7) is 2.36. The van der Waals surface area contributed by atoms with E-state index in [-0.39, 0.29) is 0 Å². The van der Waals surface area contributed by atoms with Crippen molar-refractivity contribution in [2.45, 2.75) is 44.0 Å². The molecule has 0 aliphatic heterocycles. The lowest BCUT2D eigenvalue weighted by molar-refractivity contribution is 0.282. The molecule has 3 heteroatoms. The van der Waals surface area contributed by atoms with Crippen LogP contribution in [0.3, 0.4) is 0 Å². The van der Waals surface area contributed by atoms with Gasteiger partial charge >= 0.3 is 0 Å². The van der Waals surface area contributed by atoms with Gasteiger partial charge in [0, 0.05) is 17.6 Å². The van der Waals surface area contributed by atoms with Gasteiger partial charge in [-0.2, -0.15) is 0 Å². The summed E-state index contributed by atoms with van der Waals surface area (Å²) in [5.74, 6) is 0.878. The second kappa shape index (κ2) is 4.47. The van der Waals surface area contributed by atoms with Crippen LogP contribution in [0.1, 0.15) is 44.3 Å². The van der Waals surface area contributed by atoms with E-state index >= 15 is 0 Å². The smallest absolute Gasteiger partial charge is 0.0952 e. The minimum Gasteiger partial charge on any atom is -0.334 e. The zero-order valence-electron chi connectivity index (χ0n) is 8.62. The van der Waals surface area contributed by atoms with Crippen LogP contribution < -0.4 is 0 Å². The van der Waals surface area contributed by atoms with Gasteiger partial charge in [-0.05, 0) is 18.8 Å². The van der Waals surface area contributed by atoms with Gasteiger partial charge in [0.1, 0.15) is 0 Å². The van der Waals surface area contributed by atoms with Crippen molar-refractivity contribution >= 4 is 15.9 Å². The molecule has 0 saturated heterocycles. The summed E-state index contributed by atoms with van der Waals surface area (Å²) in [6.07, 6.45) is 9.57. The third-order valence-corrected chi connectivity index (χ3v) is 3.70. The predicted octanol–water partition coefficient (Wildman–Crippen LogP) is 3.53. The molecular weight excluding hydrogens is 240 g/mol. The first-order valence-electron chi connectivity index (χ1n) is 5.38. The summed E-state index contributed by atoms with van der Waals surface area (Å²) in [7, 11) is 0. The summed E-state index contributed by atoms with van der Waals surface area (Å²) < 4.78 is 2.30. The molecule has 1 aliphatic rings. The molecule has 78 valence electrons. The maximum atomic E-state index is 4.35. The molecule has 14 heavy (non-hydrogen) atoms. The van der Waals surface area contributed by atoms with Gasteiger partial charge in [-0.1, -0.05) is 35.7 Å². The van der Waals surface area contributed by atoms with E-state index in [0.717, 1.165) is 16.9 Å². The minimum atomic E-state index is 0.694. The van der Waals surface area contributed by atoms with Gasteiger partial charge in [0.15, 0.2) is 0 Å². The van der Waals surface area contributed by atoms with E-state index in [9.17, 15) is 0 Å². The molecular formula is C11H17BrN2. The number of nitrogens with zero attached hydrogens (tertiary/aromatic N) is 2. The Balaban J connectivity index is 2.06. The fourth-order valence-corrected chi connectivity index (χ4v) is 2.61. The van der Waals surface area contributed by atoms with Gasteiger partial charge in [0.25, 0.3) is 0 Å². The first-order valence-corrected chi connectivity index (χ1v) is 6.50. The van der Waals surface area contributed by atoms with Crippen LogP contribution in [0.25, 0.3) is 0 Å². The van der Waals surface area contributed by atoms with Crippen LogP contribution in [0.5, 0.6) is 0 Å². The summed E-state index contributed by atoms with van der Waals surface area (Å²) in [4.78, 5) is 4.35. The number of halogens is 1. The molecule has 1 aromatic rings. The molecule has 2 nitrogen and oxygen atoms in total. The van der Waals surface area contributed by atoms with Crippen LogP contribution in [0.4, 0.5) is 0 Å². The van der Waals surface area contributed by atoms with E-state index in [4.69, 9.17) is 0 Å². The van der Waals surface area contributed by atoms with E-state index in [2.05, 4.69) is 38.6 Å². The molecule has 0 amide bonds. The van der Waals surface area contributed by atoms with Crippen LogP contribution in [0, 0.1) is 5.92 Å². The Hall–Kier alpha value is -0.310. The first-order chi connectivity index (χ1) is 6.79. The van der Waals surface area contributed by atoms with Crippen molar-refractivity contribution in [1.82, 2.24) is 9.55 Å². The number of imidazole rings is 1. The third-order valence-electron chi connectivity index (χ3n) is 3.12. The van der Waals surface area contributed by atoms with Crippen LogP contribution in [-0.4, -0.2) is 9.55 Å². The molecule has 1 heterocycles. The molecule has 0 N–H and O–H groups in total. The average molecular weight is 257 g/mol. The normalized spacial score (nSPS) is 27.9. The highest BCUT2D eigenvalue weighted by molar-refractivity contribution is 9.08. The fourth-order valence-electron chi connectivity index (χ4n) is 2.32. The Morgan fingerprint density at radius 2 is 2.43 bits per heavy atom. The highest BCUT2D eigenvalue weighted by Gasteiger charge is 2.19. The lowest BCUT2D eigenvalue weighted by Crippen LogP contribution is -2.16. The van der Waals surface area contributed by atoms with E-state index < -0.39 is 0 Å². The molecule has 1 saturated carbocycles. The van der Waals surface area contributed by atoms with Crippen molar-refractivity contribution in [2.75, 3.05) is 0 Å². The molecule has 1 fully saturated rings. The molecule has 2 atom stereocenters. The van der Waals surface area contributed by atoms with Gasteiger partial charge in [-0.3, -0.25) is 0 Å². The zero-order valence-corrected chi connectivity index (χ0v) is 10.2. The molecule has 1 aromatic heterocycles. The fraction of sp³-hybridized carbons (Fsp3) is 0.727. The molecule has 2 rings (SSSR count). The highest BCUT2D eigenvalue weighted by atomic mass is 79.9. The zero-order chi connectivity index (χ0) is 9.97. The van der Waals surface area contributed by atoms with Crippen molar-refractivity contribution in [3.63, 3.8) is 0 Å². The molecule has 0 aromatic carbocycles. The predicted molar refractivity (Wildman–Crippen MR) is 61.5 cm³/mol. The number of rotatable bonds is 2. The summed E-state index contributed by atoms with van der Waals surface area (Å²) in [5.41, 5.74) is 1.14. The first kappa shape index (κ1) is 10.2. The van der Waals surface area contributed by atoms with Crippen molar-refractivity contribution < 1.29 is 0 Å². The van der Waals surface area contributed by atoms with Crippen molar-refractivity contribution in [3.8, 4) is 0 Å². The van der Waals surface area contributed by atoms with Crippen molar-refractivity contribution in [2.24, 2.45) is 5.92 Å².